The van der Waals surface area contributed by atoms with Crippen LogP contribution in [0.15, 0.2) is 52.2 Å². The summed E-state index contributed by atoms with van der Waals surface area (Å²) >= 11 is 1.53. The van der Waals surface area contributed by atoms with Crippen molar-refractivity contribution in [1.29, 1.82) is 0 Å². The molecular weight excluding hydrogens is 334 g/mol. The molecule has 25 heavy (non-hydrogen) atoms. The van der Waals surface area contributed by atoms with E-state index in [-0.39, 0.29) is 5.25 Å². The summed E-state index contributed by atoms with van der Waals surface area (Å²) in [5.74, 6) is 1.86. The molecule has 6 heteroatoms. The number of ketones is 1. The molecule has 1 saturated carbocycles. The molecule has 0 amide bonds. The van der Waals surface area contributed by atoms with Gasteiger partial charge in [-0.2, -0.15) is 0 Å². The molecule has 0 aliphatic heterocycles. The zero-order valence-corrected chi connectivity index (χ0v) is 14.8. The van der Waals surface area contributed by atoms with Gasteiger partial charge in [-0.1, -0.05) is 36.4 Å². The lowest BCUT2D eigenvalue weighted by atomic mass is 9.99. The lowest BCUT2D eigenvalue weighted by Gasteiger charge is -2.19. The van der Waals surface area contributed by atoms with Crippen molar-refractivity contribution in [2.45, 2.75) is 43.0 Å². The third-order valence-electron chi connectivity index (χ3n) is 4.49. The molecule has 0 bridgehead atoms. The fourth-order valence-corrected chi connectivity index (χ4v) is 4.32. The van der Waals surface area contributed by atoms with E-state index in [1.165, 1.54) is 11.8 Å². The Hall–Kier alpha value is -2.34. The first-order valence-electron chi connectivity index (χ1n) is 8.48. The highest BCUT2D eigenvalue weighted by molar-refractivity contribution is 8.00. The van der Waals surface area contributed by atoms with Crippen LogP contribution in [0.3, 0.4) is 0 Å². The normalized spacial score (nSPS) is 17.8. The van der Waals surface area contributed by atoms with Crippen molar-refractivity contribution in [2.75, 3.05) is 0 Å². The molecule has 1 atom stereocenters. The predicted octanol–water partition coefficient (Wildman–Crippen LogP) is 4.44. The van der Waals surface area contributed by atoms with E-state index in [4.69, 9.17) is 4.42 Å². The van der Waals surface area contributed by atoms with Crippen molar-refractivity contribution < 1.29 is 9.21 Å². The third kappa shape index (κ3) is 3.14. The molecule has 5 nitrogen and oxygen atoms in total. The van der Waals surface area contributed by atoms with E-state index < -0.39 is 0 Å². The van der Waals surface area contributed by atoms with E-state index in [2.05, 4.69) is 10.2 Å². The van der Waals surface area contributed by atoms with Crippen LogP contribution in [0.4, 0.5) is 0 Å². The molecule has 1 aromatic carbocycles. The molecule has 0 unspecified atom stereocenters. The number of benzene rings is 1. The Balaban J connectivity index is 1.78. The average Bonchev–Trinajstić information content (AvgIpc) is 3.23. The number of thioether (sulfide) groups is 1. The minimum Gasteiger partial charge on any atom is -0.469 e. The minimum absolute atomic E-state index is 0.0290. The van der Waals surface area contributed by atoms with E-state index in [0.29, 0.717) is 12.2 Å². The minimum atomic E-state index is -0.0290. The highest BCUT2D eigenvalue weighted by Gasteiger charge is 2.27. The SMILES string of the molecule is Cc1occc1-c1nnc(S[C@@H]2CCCCC2=O)n1-c1ccccc1. The van der Waals surface area contributed by atoms with Gasteiger partial charge >= 0.3 is 0 Å². The topological polar surface area (TPSA) is 60.9 Å². The molecule has 1 aliphatic rings. The van der Waals surface area contributed by atoms with Crippen LogP contribution in [0.25, 0.3) is 17.1 Å². The summed E-state index contributed by atoms with van der Waals surface area (Å²) in [6, 6.07) is 11.9. The monoisotopic (exact) mass is 353 g/mol. The third-order valence-corrected chi connectivity index (χ3v) is 5.75. The Labute approximate surface area is 150 Å². The van der Waals surface area contributed by atoms with Crippen molar-refractivity contribution in [2.24, 2.45) is 0 Å². The maximum absolute atomic E-state index is 12.2. The molecule has 1 fully saturated rings. The van der Waals surface area contributed by atoms with E-state index in [1.807, 2.05) is 47.9 Å². The van der Waals surface area contributed by atoms with Gasteiger partial charge in [0.1, 0.15) is 11.5 Å². The number of carbonyl (C=O) groups excluding carboxylic acids is 1. The van der Waals surface area contributed by atoms with Gasteiger partial charge in [-0.25, -0.2) is 0 Å². The Morgan fingerprint density at radius 3 is 2.72 bits per heavy atom. The van der Waals surface area contributed by atoms with Crippen LogP contribution in [0.2, 0.25) is 0 Å². The molecule has 4 rings (SSSR count). The van der Waals surface area contributed by atoms with Crippen molar-refractivity contribution >= 4 is 17.5 Å². The van der Waals surface area contributed by atoms with Gasteiger partial charge in [0.25, 0.3) is 0 Å². The summed E-state index contributed by atoms with van der Waals surface area (Å²) < 4.78 is 7.46. The number of para-hydroxylation sites is 1. The summed E-state index contributed by atoms with van der Waals surface area (Å²) in [4.78, 5) is 12.2. The summed E-state index contributed by atoms with van der Waals surface area (Å²) in [6.45, 7) is 1.91. The van der Waals surface area contributed by atoms with Crippen molar-refractivity contribution in [3.63, 3.8) is 0 Å². The lowest BCUT2D eigenvalue weighted by molar-refractivity contribution is -0.119. The highest BCUT2D eigenvalue weighted by atomic mass is 32.2. The molecule has 0 spiro atoms. The summed E-state index contributed by atoms with van der Waals surface area (Å²) in [5, 5.41) is 9.53. The molecular formula is C19H19N3O2S. The second-order valence-corrected chi connectivity index (χ2v) is 7.36. The molecule has 0 N–H and O–H groups in total. The van der Waals surface area contributed by atoms with Crippen molar-refractivity contribution in [1.82, 2.24) is 14.8 Å². The molecule has 0 saturated heterocycles. The van der Waals surface area contributed by atoms with Crippen LogP contribution >= 0.6 is 11.8 Å². The second-order valence-electron chi connectivity index (χ2n) is 6.19. The lowest BCUT2D eigenvalue weighted by Crippen LogP contribution is -2.21. The standard InChI is InChI=1S/C19H19N3O2S/c1-13-15(11-12-24-13)18-20-21-19(22(18)14-7-3-2-4-8-14)25-17-10-6-5-9-16(17)23/h2-4,7-8,11-12,17H,5-6,9-10H2,1H3/t17-/m1/s1. The molecule has 2 aromatic heterocycles. The Morgan fingerprint density at radius 1 is 1.16 bits per heavy atom. The summed E-state index contributed by atoms with van der Waals surface area (Å²) in [7, 11) is 0. The van der Waals surface area contributed by atoms with E-state index in [9.17, 15) is 4.79 Å². The summed E-state index contributed by atoms with van der Waals surface area (Å²) in [6.07, 6.45) is 5.33. The van der Waals surface area contributed by atoms with E-state index in [1.54, 1.807) is 6.26 Å². The highest BCUT2D eigenvalue weighted by Crippen LogP contribution is 2.35. The van der Waals surface area contributed by atoms with Gasteiger partial charge in [0, 0.05) is 12.1 Å². The zero-order chi connectivity index (χ0) is 17.2. The number of aromatic nitrogens is 3. The maximum atomic E-state index is 12.2. The number of Topliss-reactive ketones (excluding diaryl/α,β-unsaturated/α-hetero) is 1. The van der Waals surface area contributed by atoms with Crippen LogP contribution < -0.4 is 0 Å². The Bertz CT molecular complexity index is 885. The number of nitrogens with zero attached hydrogens (tertiary/aromatic N) is 3. The number of aryl methyl sites for hydroxylation is 1. The Morgan fingerprint density at radius 2 is 2.00 bits per heavy atom. The van der Waals surface area contributed by atoms with Crippen LogP contribution in [-0.2, 0) is 4.79 Å². The fourth-order valence-electron chi connectivity index (χ4n) is 3.15. The average molecular weight is 353 g/mol. The van der Waals surface area contributed by atoms with Gasteiger partial charge in [-0.3, -0.25) is 9.36 Å². The maximum Gasteiger partial charge on any atom is 0.196 e. The number of hydrogen-bond donors (Lipinski definition) is 0. The number of carbonyl (C=O) groups is 1. The summed E-state index contributed by atoms with van der Waals surface area (Å²) in [5.41, 5.74) is 1.90. The first-order chi connectivity index (χ1) is 12.2. The zero-order valence-electron chi connectivity index (χ0n) is 14.0. The molecule has 1 aliphatic carbocycles. The second kappa shape index (κ2) is 6.88. The van der Waals surface area contributed by atoms with Crippen LogP contribution in [-0.4, -0.2) is 25.8 Å². The van der Waals surface area contributed by atoms with Gasteiger partial charge in [0.05, 0.1) is 17.1 Å². The van der Waals surface area contributed by atoms with Crippen molar-refractivity contribution in [3.05, 3.63) is 48.4 Å². The van der Waals surface area contributed by atoms with Crippen LogP contribution in [0.1, 0.15) is 31.4 Å². The smallest absolute Gasteiger partial charge is 0.196 e. The number of rotatable bonds is 4. The first-order valence-corrected chi connectivity index (χ1v) is 9.36. The molecule has 2 heterocycles. The van der Waals surface area contributed by atoms with Crippen LogP contribution in [0.5, 0.6) is 0 Å². The predicted molar refractivity (Wildman–Crippen MR) is 96.9 cm³/mol. The molecule has 3 aromatic rings. The quantitative estimate of drug-likeness (QED) is 0.694. The number of furan rings is 1. The fraction of sp³-hybridized carbons (Fsp3) is 0.316. The first kappa shape index (κ1) is 16.1. The van der Waals surface area contributed by atoms with Gasteiger partial charge in [0.15, 0.2) is 11.0 Å². The van der Waals surface area contributed by atoms with Gasteiger partial charge < -0.3 is 4.42 Å². The largest absolute Gasteiger partial charge is 0.469 e. The molecule has 0 radical (unpaired) electrons. The van der Waals surface area contributed by atoms with E-state index >= 15 is 0 Å². The van der Waals surface area contributed by atoms with Gasteiger partial charge in [0.2, 0.25) is 0 Å². The van der Waals surface area contributed by atoms with Crippen LogP contribution in [0, 0.1) is 6.92 Å². The van der Waals surface area contributed by atoms with Gasteiger partial charge in [-0.15, -0.1) is 10.2 Å². The number of hydrogen-bond acceptors (Lipinski definition) is 5. The van der Waals surface area contributed by atoms with Gasteiger partial charge in [-0.05, 0) is 38.0 Å². The van der Waals surface area contributed by atoms with Crippen molar-refractivity contribution in [3.8, 4) is 17.1 Å². The van der Waals surface area contributed by atoms with E-state index in [0.717, 1.165) is 47.3 Å². The molecule has 128 valence electrons. The Kier molecular flexibility index (Phi) is 4.44.